The molecule has 22 heavy (non-hydrogen) atoms. The van der Waals surface area contributed by atoms with E-state index in [2.05, 4.69) is 24.0 Å². The second-order valence-corrected chi connectivity index (χ2v) is 5.45. The van der Waals surface area contributed by atoms with Gasteiger partial charge in [-0.2, -0.15) is 0 Å². The van der Waals surface area contributed by atoms with Gasteiger partial charge in [-0.1, -0.05) is 55.5 Å². The van der Waals surface area contributed by atoms with E-state index in [0.717, 1.165) is 22.2 Å². The Labute approximate surface area is 129 Å². The van der Waals surface area contributed by atoms with Gasteiger partial charge in [0.15, 0.2) is 0 Å². The van der Waals surface area contributed by atoms with E-state index in [-0.39, 0.29) is 18.3 Å². The highest BCUT2D eigenvalue weighted by molar-refractivity contribution is 5.89. The molecule has 0 saturated carbocycles. The molecule has 3 nitrogen and oxygen atoms in total. The summed E-state index contributed by atoms with van der Waals surface area (Å²) in [4.78, 5) is 15.3. The summed E-state index contributed by atoms with van der Waals surface area (Å²) in [5.41, 5.74) is 4.39. The number of benzene rings is 2. The summed E-state index contributed by atoms with van der Waals surface area (Å²) in [5.74, 6) is -0.0282. The number of aromatic amines is 1. The lowest BCUT2D eigenvalue weighted by atomic mass is 9.93. The molecule has 0 radical (unpaired) electrons. The first-order valence-electron chi connectivity index (χ1n) is 7.42. The third-order valence-electron chi connectivity index (χ3n) is 4.13. The van der Waals surface area contributed by atoms with Gasteiger partial charge in [-0.25, -0.2) is 0 Å². The van der Waals surface area contributed by atoms with Crippen LogP contribution in [0.5, 0.6) is 0 Å². The molecule has 0 saturated heterocycles. The van der Waals surface area contributed by atoms with Crippen molar-refractivity contribution in [2.45, 2.75) is 19.3 Å². The molecule has 2 aromatic carbocycles. The van der Waals surface area contributed by atoms with Gasteiger partial charge in [0, 0.05) is 22.5 Å². The maximum atomic E-state index is 11.8. The molecule has 1 atom stereocenters. The molecule has 0 amide bonds. The van der Waals surface area contributed by atoms with E-state index in [9.17, 15) is 4.79 Å². The molecule has 0 aliphatic rings. The van der Waals surface area contributed by atoms with Gasteiger partial charge in [-0.15, -0.1) is 0 Å². The van der Waals surface area contributed by atoms with Crippen molar-refractivity contribution in [3.05, 3.63) is 71.4 Å². The zero-order valence-electron chi connectivity index (χ0n) is 12.8. The van der Waals surface area contributed by atoms with Crippen LogP contribution in [0.1, 0.15) is 29.7 Å². The van der Waals surface area contributed by atoms with Gasteiger partial charge in [-0.05, 0) is 17.2 Å². The molecule has 0 spiro atoms. The molecule has 0 aliphatic carbocycles. The third kappa shape index (κ3) is 2.62. The average molecular weight is 293 g/mol. The number of rotatable bonds is 4. The van der Waals surface area contributed by atoms with Crippen molar-refractivity contribution in [1.29, 1.82) is 0 Å². The van der Waals surface area contributed by atoms with Crippen molar-refractivity contribution < 1.29 is 9.53 Å². The monoisotopic (exact) mass is 293 g/mol. The number of hydrogen-bond donors (Lipinski definition) is 1. The highest BCUT2D eigenvalue weighted by Gasteiger charge is 2.20. The summed E-state index contributed by atoms with van der Waals surface area (Å²) in [7, 11) is 1.43. The minimum Gasteiger partial charge on any atom is -0.469 e. The predicted octanol–water partition coefficient (Wildman–Crippen LogP) is 4.04. The number of methoxy groups -OCH3 is 1. The fourth-order valence-electron chi connectivity index (χ4n) is 2.91. The van der Waals surface area contributed by atoms with Crippen molar-refractivity contribution in [2.75, 3.05) is 7.11 Å². The Morgan fingerprint density at radius 1 is 1.09 bits per heavy atom. The molecule has 0 bridgehead atoms. The minimum absolute atomic E-state index is 0.188. The van der Waals surface area contributed by atoms with Gasteiger partial charge in [-0.3, -0.25) is 4.79 Å². The topological polar surface area (TPSA) is 42.1 Å². The van der Waals surface area contributed by atoms with Crippen LogP contribution in [-0.2, 0) is 16.0 Å². The van der Waals surface area contributed by atoms with Crippen LogP contribution in [0.3, 0.4) is 0 Å². The SMILES string of the molecule is COC(=O)Cc1c(C(C)c2ccccc2)[nH]c2ccccc12. The first kappa shape index (κ1) is 14.4. The quantitative estimate of drug-likeness (QED) is 0.738. The number of para-hydroxylation sites is 1. The minimum atomic E-state index is -0.216. The lowest BCUT2D eigenvalue weighted by Crippen LogP contribution is -2.08. The molecule has 0 aliphatic heterocycles. The summed E-state index contributed by atoms with van der Waals surface area (Å²) < 4.78 is 4.86. The van der Waals surface area contributed by atoms with E-state index in [1.165, 1.54) is 12.7 Å². The van der Waals surface area contributed by atoms with Gasteiger partial charge in [0.1, 0.15) is 0 Å². The van der Waals surface area contributed by atoms with E-state index in [1.54, 1.807) is 0 Å². The number of aromatic nitrogens is 1. The number of nitrogens with one attached hydrogen (secondary N) is 1. The maximum absolute atomic E-state index is 11.8. The van der Waals surface area contributed by atoms with Crippen LogP contribution in [0.2, 0.25) is 0 Å². The molecule has 1 heterocycles. The van der Waals surface area contributed by atoms with Crippen LogP contribution in [0.15, 0.2) is 54.6 Å². The Morgan fingerprint density at radius 3 is 2.50 bits per heavy atom. The molecule has 3 heteroatoms. The highest BCUT2D eigenvalue weighted by atomic mass is 16.5. The standard InChI is InChI=1S/C19H19NO2/c1-13(14-8-4-3-5-9-14)19-16(12-18(21)22-2)15-10-6-7-11-17(15)20-19/h3-11,13,20H,12H2,1-2H3. The zero-order valence-corrected chi connectivity index (χ0v) is 12.8. The Hall–Kier alpha value is -2.55. The first-order valence-corrected chi connectivity index (χ1v) is 7.42. The van der Waals surface area contributed by atoms with E-state index in [4.69, 9.17) is 4.74 Å². The molecule has 1 N–H and O–H groups in total. The van der Waals surface area contributed by atoms with Crippen molar-refractivity contribution in [3.8, 4) is 0 Å². The van der Waals surface area contributed by atoms with Crippen LogP contribution in [0.4, 0.5) is 0 Å². The second kappa shape index (κ2) is 6.06. The first-order chi connectivity index (χ1) is 10.7. The van der Waals surface area contributed by atoms with Gasteiger partial charge < -0.3 is 9.72 Å². The molecule has 3 aromatic rings. The van der Waals surface area contributed by atoms with Crippen molar-refractivity contribution in [2.24, 2.45) is 0 Å². The summed E-state index contributed by atoms with van der Waals surface area (Å²) >= 11 is 0. The fourth-order valence-corrected chi connectivity index (χ4v) is 2.91. The molecular weight excluding hydrogens is 274 g/mol. The van der Waals surface area contributed by atoms with E-state index in [1.807, 2.05) is 42.5 Å². The number of carbonyl (C=O) groups is 1. The lowest BCUT2D eigenvalue weighted by Gasteiger charge is -2.13. The Bertz CT molecular complexity index is 790. The van der Waals surface area contributed by atoms with Gasteiger partial charge in [0.05, 0.1) is 13.5 Å². The van der Waals surface area contributed by atoms with Crippen LogP contribution in [0, 0.1) is 0 Å². The summed E-state index contributed by atoms with van der Waals surface area (Å²) in [6, 6.07) is 18.4. The van der Waals surface area contributed by atoms with Gasteiger partial charge in [0.2, 0.25) is 0 Å². The molecule has 1 aromatic heterocycles. The highest BCUT2D eigenvalue weighted by Crippen LogP contribution is 2.32. The van der Waals surface area contributed by atoms with E-state index >= 15 is 0 Å². The molecule has 0 fully saturated rings. The normalized spacial score (nSPS) is 12.3. The van der Waals surface area contributed by atoms with E-state index in [0.29, 0.717) is 0 Å². The van der Waals surface area contributed by atoms with Gasteiger partial charge in [0.25, 0.3) is 0 Å². The predicted molar refractivity (Wildman–Crippen MR) is 88.0 cm³/mol. The number of fused-ring (bicyclic) bond motifs is 1. The molecule has 3 rings (SSSR count). The molecular formula is C19H19NO2. The van der Waals surface area contributed by atoms with Crippen LogP contribution in [0.25, 0.3) is 10.9 Å². The zero-order chi connectivity index (χ0) is 15.5. The summed E-state index contributed by atoms with van der Waals surface area (Å²) in [6.07, 6.45) is 0.285. The van der Waals surface area contributed by atoms with Crippen molar-refractivity contribution >= 4 is 16.9 Å². The fraction of sp³-hybridized carbons (Fsp3) is 0.211. The number of ether oxygens (including phenoxy) is 1. The Kier molecular flexibility index (Phi) is 3.96. The number of H-pyrrole nitrogens is 1. The van der Waals surface area contributed by atoms with Crippen LogP contribution >= 0.6 is 0 Å². The average Bonchev–Trinajstić information content (AvgIpc) is 2.93. The Balaban J connectivity index is 2.11. The Morgan fingerprint density at radius 2 is 1.77 bits per heavy atom. The number of hydrogen-bond acceptors (Lipinski definition) is 2. The number of esters is 1. The molecule has 1 unspecified atom stereocenters. The second-order valence-electron chi connectivity index (χ2n) is 5.45. The smallest absolute Gasteiger partial charge is 0.310 e. The summed E-state index contributed by atoms with van der Waals surface area (Å²) in [5, 5.41) is 1.09. The van der Waals surface area contributed by atoms with Crippen molar-refractivity contribution in [3.63, 3.8) is 0 Å². The van der Waals surface area contributed by atoms with Crippen molar-refractivity contribution in [1.82, 2.24) is 4.98 Å². The van der Waals surface area contributed by atoms with Gasteiger partial charge >= 0.3 is 5.97 Å². The lowest BCUT2D eigenvalue weighted by molar-refractivity contribution is -0.139. The van der Waals surface area contributed by atoms with Crippen LogP contribution in [-0.4, -0.2) is 18.1 Å². The third-order valence-corrected chi connectivity index (χ3v) is 4.13. The van der Waals surface area contributed by atoms with E-state index < -0.39 is 0 Å². The largest absolute Gasteiger partial charge is 0.469 e. The van der Waals surface area contributed by atoms with Crippen LogP contribution < -0.4 is 0 Å². The summed E-state index contributed by atoms with van der Waals surface area (Å²) in [6.45, 7) is 2.15. The maximum Gasteiger partial charge on any atom is 0.310 e. The number of carbonyl (C=O) groups excluding carboxylic acids is 1. The molecule has 112 valence electrons.